The van der Waals surface area contributed by atoms with Gasteiger partial charge in [-0.2, -0.15) is 0 Å². The van der Waals surface area contributed by atoms with Crippen LogP contribution in [-0.2, 0) is 16.4 Å². The third-order valence-corrected chi connectivity index (χ3v) is 6.06. The SMILES string of the molecule is CCc1ccc(C(CNS(=O)(=O)c2cc(C)ccc2C)N(C)C)cc1. The first kappa shape index (κ1) is 19.6. The summed E-state index contributed by atoms with van der Waals surface area (Å²) in [6.07, 6.45) is 0.992. The van der Waals surface area contributed by atoms with Gasteiger partial charge in [0.05, 0.1) is 4.90 Å². The van der Waals surface area contributed by atoms with E-state index in [9.17, 15) is 8.42 Å². The molecular weight excluding hydrogens is 332 g/mol. The van der Waals surface area contributed by atoms with E-state index in [0.29, 0.717) is 11.4 Å². The summed E-state index contributed by atoms with van der Waals surface area (Å²) in [5, 5.41) is 0. The summed E-state index contributed by atoms with van der Waals surface area (Å²) in [6.45, 7) is 6.17. The molecule has 0 saturated heterocycles. The first-order valence-corrected chi connectivity index (χ1v) is 10.0. The number of likely N-dealkylation sites (N-methyl/N-ethyl adjacent to an activating group) is 1. The van der Waals surface area contributed by atoms with E-state index in [4.69, 9.17) is 0 Å². The second-order valence-electron chi connectivity index (χ2n) is 6.70. The highest BCUT2D eigenvalue weighted by molar-refractivity contribution is 7.89. The van der Waals surface area contributed by atoms with Gasteiger partial charge in [-0.15, -0.1) is 0 Å². The van der Waals surface area contributed by atoms with Gasteiger partial charge in [0.1, 0.15) is 0 Å². The molecule has 2 aromatic carbocycles. The standard InChI is InChI=1S/C20H28N2O2S/c1-6-17-9-11-18(12-10-17)19(22(4)5)14-21-25(23,24)20-13-15(2)7-8-16(20)3/h7-13,19,21H,6,14H2,1-5H3. The molecule has 0 radical (unpaired) electrons. The Bertz CT molecular complexity index is 812. The van der Waals surface area contributed by atoms with Crippen molar-refractivity contribution in [3.63, 3.8) is 0 Å². The largest absolute Gasteiger partial charge is 0.301 e. The summed E-state index contributed by atoms with van der Waals surface area (Å²) in [4.78, 5) is 2.39. The smallest absolute Gasteiger partial charge is 0.240 e. The van der Waals surface area contributed by atoms with Crippen molar-refractivity contribution in [3.8, 4) is 0 Å². The van der Waals surface area contributed by atoms with E-state index in [-0.39, 0.29) is 6.04 Å². The number of hydrogen-bond donors (Lipinski definition) is 1. The molecule has 0 saturated carbocycles. The zero-order valence-corrected chi connectivity index (χ0v) is 16.5. The third-order valence-electron chi connectivity index (χ3n) is 4.50. The number of aryl methyl sites for hydroxylation is 3. The van der Waals surface area contributed by atoms with Crippen molar-refractivity contribution in [2.45, 2.75) is 38.1 Å². The monoisotopic (exact) mass is 360 g/mol. The average Bonchev–Trinajstić information content (AvgIpc) is 2.57. The van der Waals surface area contributed by atoms with Crippen molar-refractivity contribution in [3.05, 3.63) is 64.7 Å². The number of hydrogen-bond acceptors (Lipinski definition) is 3. The van der Waals surface area contributed by atoms with E-state index in [1.165, 1.54) is 5.56 Å². The Kier molecular flexibility index (Phi) is 6.38. The molecule has 0 fully saturated rings. The third kappa shape index (κ3) is 4.91. The van der Waals surface area contributed by atoms with E-state index in [2.05, 4.69) is 35.9 Å². The van der Waals surface area contributed by atoms with E-state index >= 15 is 0 Å². The minimum Gasteiger partial charge on any atom is -0.301 e. The highest BCUT2D eigenvalue weighted by Crippen LogP contribution is 2.21. The number of rotatable bonds is 7. The number of benzene rings is 2. The highest BCUT2D eigenvalue weighted by Gasteiger charge is 2.21. The molecule has 0 aliphatic carbocycles. The van der Waals surface area contributed by atoms with Gasteiger partial charge in [0, 0.05) is 12.6 Å². The van der Waals surface area contributed by atoms with Crippen LogP contribution in [0.5, 0.6) is 0 Å². The quantitative estimate of drug-likeness (QED) is 0.823. The van der Waals surface area contributed by atoms with Gasteiger partial charge < -0.3 is 4.90 Å². The highest BCUT2D eigenvalue weighted by atomic mass is 32.2. The van der Waals surface area contributed by atoms with Crippen molar-refractivity contribution in [2.24, 2.45) is 0 Å². The van der Waals surface area contributed by atoms with Gasteiger partial charge in [-0.05, 0) is 62.7 Å². The Morgan fingerprint density at radius 1 is 1.04 bits per heavy atom. The Morgan fingerprint density at radius 3 is 2.24 bits per heavy atom. The Labute approximate surface area is 151 Å². The molecule has 0 aliphatic rings. The molecule has 4 nitrogen and oxygen atoms in total. The van der Waals surface area contributed by atoms with Crippen molar-refractivity contribution < 1.29 is 8.42 Å². The summed E-state index contributed by atoms with van der Waals surface area (Å²) in [6, 6.07) is 13.8. The van der Waals surface area contributed by atoms with Gasteiger partial charge >= 0.3 is 0 Å². The summed E-state index contributed by atoms with van der Waals surface area (Å²) in [5.41, 5.74) is 4.07. The molecule has 2 aromatic rings. The van der Waals surface area contributed by atoms with Crippen LogP contribution in [0.3, 0.4) is 0 Å². The van der Waals surface area contributed by atoms with Gasteiger partial charge in [0.2, 0.25) is 10.0 Å². The van der Waals surface area contributed by atoms with Crippen LogP contribution in [0, 0.1) is 13.8 Å². The summed E-state index contributed by atoms with van der Waals surface area (Å²) >= 11 is 0. The van der Waals surface area contributed by atoms with Crippen LogP contribution in [-0.4, -0.2) is 34.0 Å². The predicted octanol–water partition coefficient (Wildman–Crippen LogP) is 3.45. The minimum absolute atomic E-state index is 0.0224. The zero-order valence-electron chi connectivity index (χ0n) is 15.7. The molecule has 25 heavy (non-hydrogen) atoms. The van der Waals surface area contributed by atoms with Crippen LogP contribution in [0.15, 0.2) is 47.4 Å². The van der Waals surface area contributed by atoms with E-state index < -0.39 is 10.0 Å². The lowest BCUT2D eigenvalue weighted by Crippen LogP contribution is -2.34. The fourth-order valence-corrected chi connectivity index (χ4v) is 4.20. The second-order valence-corrected chi connectivity index (χ2v) is 8.43. The number of nitrogens with one attached hydrogen (secondary N) is 1. The summed E-state index contributed by atoms with van der Waals surface area (Å²) in [7, 11) is 0.386. The zero-order chi connectivity index (χ0) is 18.6. The van der Waals surface area contributed by atoms with Gasteiger partial charge in [-0.3, -0.25) is 0 Å². The lowest BCUT2D eigenvalue weighted by atomic mass is 10.0. The predicted molar refractivity (Wildman–Crippen MR) is 103 cm³/mol. The molecule has 0 heterocycles. The van der Waals surface area contributed by atoms with Crippen molar-refractivity contribution in [2.75, 3.05) is 20.6 Å². The Hall–Kier alpha value is -1.69. The van der Waals surface area contributed by atoms with E-state index in [1.807, 2.05) is 45.0 Å². The Morgan fingerprint density at radius 2 is 1.68 bits per heavy atom. The molecule has 0 spiro atoms. The van der Waals surface area contributed by atoms with Crippen molar-refractivity contribution in [1.29, 1.82) is 0 Å². The number of nitrogens with zero attached hydrogens (tertiary/aromatic N) is 1. The second kappa shape index (κ2) is 8.13. The van der Waals surface area contributed by atoms with Gasteiger partial charge in [-0.1, -0.05) is 43.3 Å². The fraction of sp³-hybridized carbons (Fsp3) is 0.400. The summed E-state index contributed by atoms with van der Waals surface area (Å²) in [5.74, 6) is 0. The van der Waals surface area contributed by atoms with Gasteiger partial charge in [-0.25, -0.2) is 13.1 Å². The molecular formula is C20H28N2O2S. The first-order valence-electron chi connectivity index (χ1n) is 8.56. The van der Waals surface area contributed by atoms with Crippen LogP contribution in [0.1, 0.15) is 35.2 Å². The lowest BCUT2D eigenvalue weighted by Gasteiger charge is -2.25. The van der Waals surface area contributed by atoms with Crippen LogP contribution < -0.4 is 4.72 Å². The maximum absolute atomic E-state index is 12.7. The van der Waals surface area contributed by atoms with Gasteiger partial charge in [0.25, 0.3) is 0 Å². The normalized spacial score (nSPS) is 13.2. The molecule has 0 amide bonds. The molecule has 0 aromatic heterocycles. The van der Waals surface area contributed by atoms with Crippen LogP contribution in [0.4, 0.5) is 0 Å². The maximum Gasteiger partial charge on any atom is 0.240 e. The van der Waals surface area contributed by atoms with Crippen LogP contribution in [0.25, 0.3) is 0 Å². The maximum atomic E-state index is 12.7. The molecule has 0 aliphatic heterocycles. The van der Waals surface area contributed by atoms with E-state index in [1.54, 1.807) is 6.07 Å². The first-order chi connectivity index (χ1) is 11.7. The number of sulfonamides is 1. The topological polar surface area (TPSA) is 49.4 Å². The average molecular weight is 361 g/mol. The summed E-state index contributed by atoms with van der Waals surface area (Å²) < 4.78 is 28.3. The van der Waals surface area contributed by atoms with Crippen molar-refractivity contribution >= 4 is 10.0 Å². The van der Waals surface area contributed by atoms with E-state index in [0.717, 1.165) is 23.1 Å². The molecule has 1 unspecified atom stereocenters. The minimum atomic E-state index is -3.54. The Balaban J connectivity index is 2.21. The lowest BCUT2D eigenvalue weighted by molar-refractivity contribution is 0.299. The van der Waals surface area contributed by atoms with Gasteiger partial charge in [0.15, 0.2) is 0 Å². The molecule has 136 valence electrons. The molecule has 0 bridgehead atoms. The molecule has 1 N–H and O–H groups in total. The molecule has 5 heteroatoms. The van der Waals surface area contributed by atoms with Crippen LogP contribution in [0.2, 0.25) is 0 Å². The van der Waals surface area contributed by atoms with Crippen LogP contribution >= 0.6 is 0 Å². The molecule has 2 rings (SSSR count). The molecule has 1 atom stereocenters. The van der Waals surface area contributed by atoms with Crippen molar-refractivity contribution in [1.82, 2.24) is 9.62 Å². The fourth-order valence-electron chi connectivity index (χ4n) is 2.84.